The van der Waals surface area contributed by atoms with Crippen LogP contribution in [-0.2, 0) is 12.8 Å². The first-order chi connectivity index (χ1) is 8.79. The first kappa shape index (κ1) is 12.1. The van der Waals surface area contributed by atoms with Gasteiger partial charge in [0, 0.05) is 21.4 Å². The van der Waals surface area contributed by atoms with Crippen molar-refractivity contribution in [1.29, 1.82) is 0 Å². The van der Waals surface area contributed by atoms with E-state index in [2.05, 4.69) is 30.3 Å². The van der Waals surface area contributed by atoms with E-state index in [0.717, 1.165) is 17.0 Å². The van der Waals surface area contributed by atoms with E-state index < -0.39 is 0 Å². The highest BCUT2D eigenvalue weighted by molar-refractivity contribution is 7.99. The average molecular weight is 277 g/mol. The van der Waals surface area contributed by atoms with Crippen LogP contribution in [-0.4, -0.2) is 11.7 Å². The van der Waals surface area contributed by atoms with Crippen molar-refractivity contribution in [3.8, 4) is 0 Å². The maximum absolute atomic E-state index is 9.18. The third-order valence-corrected chi connectivity index (χ3v) is 4.83. The first-order valence-electron chi connectivity index (χ1n) is 5.96. The summed E-state index contributed by atoms with van der Waals surface area (Å²) in [5, 5.41) is 9.94. The van der Waals surface area contributed by atoms with E-state index in [-0.39, 0.29) is 6.61 Å². The molecule has 1 aliphatic heterocycles. The molecule has 2 aromatic rings. The topological polar surface area (TPSA) is 20.2 Å². The minimum absolute atomic E-state index is 0.141. The van der Waals surface area contributed by atoms with Gasteiger partial charge in [0.25, 0.3) is 0 Å². The zero-order valence-electron chi connectivity index (χ0n) is 9.82. The highest BCUT2D eigenvalue weighted by Crippen LogP contribution is 2.42. The van der Waals surface area contributed by atoms with E-state index in [1.807, 2.05) is 6.07 Å². The van der Waals surface area contributed by atoms with Crippen LogP contribution < -0.4 is 0 Å². The molecule has 0 saturated heterocycles. The fourth-order valence-electron chi connectivity index (χ4n) is 2.37. The fourth-order valence-corrected chi connectivity index (χ4v) is 3.75. The first-order valence-corrected chi connectivity index (χ1v) is 7.16. The van der Waals surface area contributed by atoms with Gasteiger partial charge in [-0.2, -0.15) is 0 Å². The maximum atomic E-state index is 9.18. The van der Waals surface area contributed by atoms with E-state index in [4.69, 9.17) is 11.6 Å². The summed E-state index contributed by atoms with van der Waals surface area (Å²) in [5.74, 6) is 0. The minimum Gasteiger partial charge on any atom is -0.396 e. The van der Waals surface area contributed by atoms with Gasteiger partial charge in [0.2, 0.25) is 0 Å². The van der Waals surface area contributed by atoms with Gasteiger partial charge in [-0.05, 0) is 47.7 Å². The van der Waals surface area contributed by atoms with Gasteiger partial charge in [-0.15, -0.1) is 0 Å². The third-order valence-electron chi connectivity index (χ3n) is 3.25. The van der Waals surface area contributed by atoms with Crippen LogP contribution in [0.15, 0.2) is 46.2 Å². The number of halogens is 1. The molecule has 0 saturated carbocycles. The van der Waals surface area contributed by atoms with E-state index >= 15 is 0 Å². The van der Waals surface area contributed by atoms with Crippen LogP contribution in [0.2, 0.25) is 5.02 Å². The molecule has 0 aromatic heterocycles. The average Bonchev–Trinajstić information content (AvgIpc) is 2.40. The van der Waals surface area contributed by atoms with Crippen LogP contribution in [0.4, 0.5) is 0 Å². The molecule has 0 aliphatic carbocycles. The number of rotatable bonds is 2. The van der Waals surface area contributed by atoms with Gasteiger partial charge < -0.3 is 5.11 Å². The lowest BCUT2D eigenvalue weighted by Crippen LogP contribution is -2.06. The second-order valence-electron chi connectivity index (χ2n) is 4.36. The van der Waals surface area contributed by atoms with Crippen molar-refractivity contribution >= 4 is 23.4 Å². The quantitative estimate of drug-likeness (QED) is 0.765. The lowest BCUT2D eigenvalue weighted by molar-refractivity contribution is 0.299. The number of hydrogen-bond donors (Lipinski definition) is 1. The summed E-state index contributed by atoms with van der Waals surface area (Å²) < 4.78 is 0. The summed E-state index contributed by atoms with van der Waals surface area (Å²) in [6.07, 6.45) is 1.54. The molecular weight excluding hydrogens is 264 g/mol. The molecule has 3 rings (SSSR count). The summed E-state index contributed by atoms with van der Waals surface area (Å²) in [5.41, 5.74) is 3.72. The fraction of sp³-hybridized carbons (Fsp3) is 0.200. The highest BCUT2D eigenvalue weighted by Gasteiger charge is 2.19. The molecule has 1 N–H and O–H groups in total. The molecule has 18 heavy (non-hydrogen) atoms. The molecule has 1 heterocycles. The molecule has 92 valence electrons. The molecule has 0 fully saturated rings. The van der Waals surface area contributed by atoms with Crippen LogP contribution in [0.5, 0.6) is 0 Å². The molecule has 0 bridgehead atoms. The predicted octanol–water partition coefficient (Wildman–Crippen LogP) is 3.93. The molecule has 0 amide bonds. The Balaban J connectivity index is 2.10. The van der Waals surface area contributed by atoms with Gasteiger partial charge >= 0.3 is 0 Å². The highest BCUT2D eigenvalue weighted by atomic mass is 35.5. The molecule has 1 nitrogen and oxygen atoms in total. The maximum Gasteiger partial charge on any atom is 0.0472 e. The SMILES string of the molecule is OCCc1c(Cl)ccc2c1Cc1ccccc1S2. The van der Waals surface area contributed by atoms with Crippen LogP contribution in [0.3, 0.4) is 0 Å². The predicted molar refractivity (Wildman–Crippen MR) is 75.6 cm³/mol. The van der Waals surface area contributed by atoms with Gasteiger partial charge in [-0.1, -0.05) is 41.6 Å². The van der Waals surface area contributed by atoms with Gasteiger partial charge in [-0.3, -0.25) is 0 Å². The Morgan fingerprint density at radius 1 is 1.11 bits per heavy atom. The number of fused-ring (bicyclic) bond motifs is 2. The van der Waals surface area contributed by atoms with Crippen LogP contribution in [0, 0.1) is 0 Å². The summed E-state index contributed by atoms with van der Waals surface area (Å²) in [6.45, 7) is 0.141. The molecule has 0 spiro atoms. The lowest BCUT2D eigenvalue weighted by atomic mass is 9.97. The van der Waals surface area contributed by atoms with E-state index in [9.17, 15) is 5.11 Å². The molecule has 0 atom stereocenters. The van der Waals surface area contributed by atoms with Gasteiger partial charge in [0.05, 0.1) is 0 Å². The van der Waals surface area contributed by atoms with Crippen molar-refractivity contribution in [2.75, 3.05) is 6.61 Å². The molecule has 2 aromatic carbocycles. The number of aliphatic hydroxyl groups excluding tert-OH is 1. The molecular formula is C15H13ClOS. The number of hydrogen-bond acceptors (Lipinski definition) is 2. The zero-order valence-corrected chi connectivity index (χ0v) is 11.4. The van der Waals surface area contributed by atoms with Crippen molar-refractivity contribution < 1.29 is 5.11 Å². The second-order valence-corrected chi connectivity index (χ2v) is 5.85. The molecule has 3 heteroatoms. The van der Waals surface area contributed by atoms with Gasteiger partial charge in [0.15, 0.2) is 0 Å². The van der Waals surface area contributed by atoms with Crippen LogP contribution >= 0.6 is 23.4 Å². The second kappa shape index (κ2) is 4.96. The Bertz CT molecular complexity index is 595. The Hall–Kier alpha value is -0.960. The van der Waals surface area contributed by atoms with E-state index in [0.29, 0.717) is 6.42 Å². The Morgan fingerprint density at radius 2 is 1.94 bits per heavy atom. The normalized spacial score (nSPS) is 13.0. The van der Waals surface area contributed by atoms with Crippen LogP contribution in [0.1, 0.15) is 16.7 Å². The van der Waals surface area contributed by atoms with Gasteiger partial charge in [0.1, 0.15) is 0 Å². The van der Waals surface area contributed by atoms with E-state index in [1.165, 1.54) is 20.9 Å². The van der Waals surface area contributed by atoms with Gasteiger partial charge in [-0.25, -0.2) is 0 Å². The largest absolute Gasteiger partial charge is 0.396 e. The minimum atomic E-state index is 0.141. The Labute approximate surface area is 116 Å². The van der Waals surface area contributed by atoms with Crippen molar-refractivity contribution in [2.45, 2.75) is 22.6 Å². The third kappa shape index (κ3) is 2.05. The molecule has 0 unspecified atom stereocenters. The van der Waals surface area contributed by atoms with Crippen molar-refractivity contribution in [1.82, 2.24) is 0 Å². The van der Waals surface area contributed by atoms with Crippen LogP contribution in [0.25, 0.3) is 0 Å². The zero-order chi connectivity index (χ0) is 12.5. The van der Waals surface area contributed by atoms with E-state index in [1.54, 1.807) is 11.8 Å². The summed E-state index contributed by atoms with van der Waals surface area (Å²) >= 11 is 8.04. The standard InChI is InChI=1S/C15H13ClOS/c16-13-5-6-15-12(11(13)7-8-17)9-10-3-1-2-4-14(10)18-15/h1-6,17H,7-9H2. The van der Waals surface area contributed by atoms with Crippen molar-refractivity contribution in [3.05, 3.63) is 58.1 Å². The smallest absolute Gasteiger partial charge is 0.0472 e. The van der Waals surface area contributed by atoms with Crippen molar-refractivity contribution in [3.63, 3.8) is 0 Å². The number of benzene rings is 2. The molecule has 0 radical (unpaired) electrons. The van der Waals surface area contributed by atoms with Crippen molar-refractivity contribution in [2.24, 2.45) is 0 Å². The summed E-state index contributed by atoms with van der Waals surface area (Å²) in [7, 11) is 0. The Morgan fingerprint density at radius 3 is 2.78 bits per heavy atom. The molecule has 1 aliphatic rings. The number of aliphatic hydroxyl groups is 1. The summed E-state index contributed by atoms with van der Waals surface area (Å²) in [4.78, 5) is 2.59. The monoisotopic (exact) mass is 276 g/mol. The Kier molecular flexibility index (Phi) is 3.33. The lowest BCUT2D eigenvalue weighted by Gasteiger charge is -2.22. The summed E-state index contributed by atoms with van der Waals surface area (Å²) in [6, 6.07) is 12.5.